The molecule has 1 aliphatic heterocycles. The highest BCUT2D eigenvalue weighted by Gasteiger charge is 2.15. The minimum absolute atomic E-state index is 0.556. The van der Waals surface area contributed by atoms with E-state index in [0.29, 0.717) is 12.0 Å². The predicted molar refractivity (Wildman–Crippen MR) is 63.7 cm³/mol. The summed E-state index contributed by atoms with van der Waals surface area (Å²) in [6.07, 6.45) is 3.75. The van der Waals surface area contributed by atoms with Gasteiger partial charge in [0.15, 0.2) is 0 Å². The molecule has 3 heteroatoms. The lowest BCUT2D eigenvalue weighted by atomic mass is 10.1. The van der Waals surface area contributed by atoms with Crippen molar-refractivity contribution >= 4 is 0 Å². The Morgan fingerprint density at radius 3 is 2.80 bits per heavy atom. The van der Waals surface area contributed by atoms with E-state index >= 15 is 0 Å². The highest BCUT2D eigenvalue weighted by molar-refractivity contribution is 4.71. The largest absolute Gasteiger partial charge is 0.304 e. The van der Waals surface area contributed by atoms with Gasteiger partial charge in [0.25, 0.3) is 0 Å². The third kappa shape index (κ3) is 5.50. The molecule has 0 bridgehead atoms. The highest BCUT2D eigenvalue weighted by atomic mass is 16.6. The van der Waals surface area contributed by atoms with Crippen molar-refractivity contribution in [3.05, 3.63) is 0 Å². The summed E-state index contributed by atoms with van der Waals surface area (Å²) in [6.45, 7) is 11.0. The van der Waals surface area contributed by atoms with Crippen LogP contribution in [-0.2, 0) is 4.84 Å². The molecule has 1 rings (SSSR count). The number of hydrogen-bond donors (Lipinski definition) is 1. The first-order valence-electron chi connectivity index (χ1n) is 6.32. The summed E-state index contributed by atoms with van der Waals surface area (Å²) >= 11 is 0. The molecule has 0 aromatic rings. The molecule has 1 atom stereocenters. The van der Waals surface area contributed by atoms with E-state index in [0.717, 1.165) is 6.61 Å². The van der Waals surface area contributed by atoms with E-state index in [4.69, 9.17) is 4.84 Å². The predicted octanol–water partition coefficient (Wildman–Crippen LogP) is 2.04. The van der Waals surface area contributed by atoms with Crippen LogP contribution in [0.1, 0.15) is 40.0 Å². The molecule has 0 saturated carbocycles. The Kier molecular flexibility index (Phi) is 6.22. The van der Waals surface area contributed by atoms with Crippen LogP contribution in [0.5, 0.6) is 0 Å². The standard InChI is InChI=1S/C12H26N2O/c1-4-14-8-5-6-12(7-9-14)13-15-10-11(2)3/h11-13H,4-10H2,1-3H3. The fourth-order valence-electron chi connectivity index (χ4n) is 1.92. The summed E-state index contributed by atoms with van der Waals surface area (Å²) in [4.78, 5) is 8.01. The number of hydrogen-bond acceptors (Lipinski definition) is 3. The first-order valence-corrected chi connectivity index (χ1v) is 6.32. The van der Waals surface area contributed by atoms with Gasteiger partial charge in [-0.25, -0.2) is 0 Å². The zero-order chi connectivity index (χ0) is 11.1. The molecule has 3 nitrogen and oxygen atoms in total. The molecule has 1 N–H and O–H groups in total. The van der Waals surface area contributed by atoms with Crippen LogP contribution >= 0.6 is 0 Å². The topological polar surface area (TPSA) is 24.5 Å². The SMILES string of the molecule is CCN1CCCC(NOCC(C)C)CC1. The number of likely N-dealkylation sites (tertiary alicyclic amines) is 1. The van der Waals surface area contributed by atoms with Gasteiger partial charge in [-0.05, 0) is 44.8 Å². The lowest BCUT2D eigenvalue weighted by Crippen LogP contribution is -2.32. The third-order valence-electron chi connectivity index (χ3n) is 2.93. The zero-order valence-corrected chi connectivity index (χ0v) is 10.5. The van der Waals surface area contributed by atoms with Crippen LogP contribution in [0.2, 0.25) is 0 Å². The zero-order valence-electron chi connectivity index (χ0n) is 10.5. The van der Waals surface area contributed by atoms with Gasteiger partial charge in [-0.3, -0.25) is 0 Å². The molecule has 0 aromatic heterocycles. The lowest BCUT2D eigenvalue weighted by molar-refractivity contribution is -0.00205. The van der Waals surface area contributed by atoms with Crippen molar-refractivity contribution in [3.8, 4) is 0 Å². The van der Waals surface area contributed by atoms with Crippen molar-refractivity contribution in [1.82, 2.24) is 10.4 Å². The smallest absolute Gasteiger partial charge is 0.0705 e. The monoisotopic (exact) mass is 214 g/mol. The molecular weight excluding hydrogens is 188 g/mol. The Morgan fingerprint density at radius 1 is 1.33 bits per heavy atom. The summed E-state index contributed by atoms with van der Waals surface area (Å²) in [7, 11) is 0. The first-order chi connectivity index (χ1) is 7.22. The van der Waals surface area contributed by atoms with Crippen LogP contribution in [0.3, 0.4) is 0 Å². The quantitative estimate of drug-likeness (QED) is 0.709. The van der Waals surface area contributed by atoms with Crippen molar-refractivity contribution in [2.75, 3.05) is 26.2 Å². The van der Waals surface area contributed by atoms with Crippen LogP contribution in [0, 0.1) is 5.92 Å². The molecule has 90 valence electrons. The van der Waals surface area contributed by atoms with Crippen LogP contribution < -0.4 is 5.48 Å². The molecule has 0 radical (unpaired) electrons. The average molecular weight is 214 g/mol. The minimum Gasteiger partial charge on any atom is -0.304 e. The maximum absolute atomic E-state index is 5.49. The Labute approximate surface area is 94.1 Å². The van der Waals surface area contributed by atoms with E-state index in [-0.39, 0.29) is 0 Å². The van der Waals surface area contributed by atoms with Gasteiger partial charge in [-0.1, -0.05) is 20.8 Å². The van der Waals surface area contributed by atoms with E-state index < -0.39 is 0 Å². The van der Waals surface area contributed by atoms with Gasteiger partial charge in [0.05, 0.1) is 6.61 Å². The molecule has 0 spiro atoms. The van der Waals surface area contributed by atoms with Crippen LogP contribution in [0.4, 0.5) is 0 Å². The molecule has 0 aliphatic carbocycles. The number of hydroxylamine groups is 1. The fraction of sp³-hybridized carbons (Fsp3) is 1.00. The summed E-state index contributed by atoms with van der Waals surface area (Å²) in [5, 5.41) is 0. The maximum Gasteiger partial charge on any atom is 0.0705 e. The molecule has 1 saturated heterocycles. The van der Waals surface area contributed by atoms with Gasteiger partial charge in [-0.15, -0.1) is 0 Å². The van der Waals surface area contributed by atoms with Crippen LogP contribution in [-0.4, -0.2) is 37.2 Å². The van der Waals surface area contributed by atoms with E-state index in [2.05, 4.69) is 31.2 Å². The summed E-state index contributed by atoms with van der Waals surface area (Å²) in [6, 6.07) is 0.556. The first kappa shape index (κ1) is 12.9. The fourth-order valence-corrected chi connectivity index (χ4v) is 1.92. The Bertz CT molecular complexity index is 162. The normalized spacial score (nSPS) is 24.4. The maximum atomic E-state index is 5.49. The Morgan fingerprint density at radius 2 is 2.13 bits per heavy atom. The van der Waals surface area contributed by atoms with Crippen molar-refractivity contribution in [2.24, 2.45) is 5.92 Å². The van der Waals surface area contributed by atoms with Crippen LogP contribution in [0.25, 0.3) is 0 Å². The van der Waals surface area contributed by atoms with Gasteiger partial charge >= 0.3 is 0 Å². The van der Waals surface area contributed by atoms with E-state index in [1.54, 1.807) is 0 Å². The second-order valence-corrected chi connectivity index (χ2v) is 4.88. The van der Waals surface area contributed by atoms with E-state index in [9.17, 15) is 0 Å². The van der Waals surface area contributed by atoms with Crippen LogP contribution in [0.15, 0.2) is 0 Å². The summed E-state index contributed by atoms with van der Waals surface area (Å²) in [5.74, 6) is 0.607. The summed E-state index contributed by atoms with van der Waals surface area (Å²) in [5.41, 5.74) is 3.21. The molecule has 1 fully saturated rings. The van der Waals surface area contributed by atoms with Gasteiger partial charge in [0.1, 0.15) is 0 Å². The molecule has 1 heterocycles. The van der Waals surface area contributed by atoms with Crippen molar-refractivity contribution < 1.29 is 4.84 Å². The van der Waals surface area contributed by atoms with E-state index in [1.165, 1.54) is 38.9 Å². The van der Waals surface area contributed by atoms with Crippen molar-refractivity contribution in [3.63, 3.8) is 0 Å². The van der Waals surface area contributed by atoms with Gasteiger partial charge in [0, 0.05) is 6.04 Å². The van der Waals surface area contributed by atoms with Gasteiger partial charge < -0.3 is 9.74 Å². The molecular formula is C12H26N2O. The highest BCUT2D eigenvalue weighted by Crippen LogP contribution is 2.10. The van der Waals surface area contributed by atoms with Crippen molar-refractivity contribution in [2.45, 2.75) is 46.1 Å². The summed E-state index contributed by atoms with van der Waals surface area (Å²) < 4.78 is 0. The second kappa shape index (κ2) is 7.20. The second-order valence-electron chi connectivity index (χ2n) is 4.88. The average Bonchev–Trinajstić information content (AvgIpc) is 2.42. The lowest BCUT2D eigenvalue weighted by Gasteiger charge is -2.18. The molecule has 15 heavy (non-hydrogen) atoms. The Balaban J connectivity index is 2.14. The Hall–Kier alpha value is -0.120. The molecule has 1 unspecified atom stereocenters. The number of rotatable bonds is 5. The molecule has 1 aliphatic rings. The number of nitrogens with one attached hydrogen (secondary N) is 1. The van der Waals surface area contributed by atoms with E-state index in [1.807, 2.05) is 0 Å². The molecule has 0 aromatic carbocycles. The number of nitrogens with zero attached hydrogens (tertiary/aromatic N) is 1. The minimum atomic E-state index is 0.556. The van der Waals surface area contributed by atoms with Crippen molar-refractivity contribution in [1.29, 1.82) is 0 Å². The van der Waals surface area contributed by atoms with Gasteiger partial charge in [-0.2, -0.15) is 5.48 Å². The third-order valence-corrected chi connectivity index (χ3v) is 2.93. The molecule has 0 amide bonds. The van der Waals surface area contributed by atoms with Gasteiger partial charge in [0.2, 0.25) is 0 Å².